The summed E-state index contributed by atoms with van der Waals surface area (Å²) in [5.74, 6) is -2.60. The number of nitro groups is 2. The van der Waals surface area contributed by atoms with E-state index < -0.39 is 44.3 Å². The van der Waals surface area contributed by atoms with Gasteiger partial charge in [-0.25, -0.2) is 9.59 Å². The Labute approximate surface area is 156 Å². The Hall–Kier alpha value is -2.66. The molecule has 11 heteroatoms. The Morgan fingerprint density at radius 2 is 1.16 bits per heavy atom. The third kappa shape index (κ3) is 3.88. The third-order valence-corrected chi connectivity index (χ3v) is 4.24. The Morgan fingerprint density at radius 3 is 1.48 bits per heavy atom. The first-order chi connectivity index (χ1) is 11.7. The predicted octanol–water partition coefficient (Wildman–Crippen LogP) is 4.03. The molecule has 2 aromatic rings. The van der Waals surface area contributed by atoms with Crippen LogP contribution in [0.4, 0.5) is 11.4 Å². The largest absolute Gasteiger partial charge is 0.385 e. The van der Waals surface area contributed by atoms with Gasteiger partial charge in [0.05, 0.1) is 18.8 Å². The van der Waals surface area contributed by atoms with E-state index in [1.165, 1.54) is 24.3 Å². The van der Waals surface area contributed by atoms with Crippen LogP contribution in [0.5, 0.6) is 0 Å². The molecular weight excluding hydrogens is 468 g/mol. The molecule has 0 aromatic heterocycles. The van der Waals surface area contributed by atoms with E-state index in [1.807, 2.05) is 0 Å². The molecule has 25 heavy (non-hydrogen) atoms. The molecule has 0 spiro atoms. The van der Waals surface area contributed by atoms with E-state index in [0.29, 0.717) is 0 Å². The van der Waals surface area contributed by atoms with Crippen LogP contribution in [0, 0.1) is 20.2 Å². The van der Waals surface area contributed by atoms with Gasteiger partial charge in [-0.2, -0.15) is 0 Å². The first kappa shape index (κ1) is 18.7. The number of halogens is 2. The molecule has 0 atom stereocenters. The number of hydrogen-bond donors (Lipinski definition) is 0. The van der Waals surface area contributed by atoms with Crippen LogP contribution < -0.4 is 0 Å². The lowest BCUT2D eigenvalue weighted by Crippen LogP contribution is -2.16. The monoisotopic (exact) mass is 472 g/mol. The Kier molecular flexibility index (Phi) is 5.59. The van der Waals surface area contributed by atoms with Crippen molar-refractivity contribution in [2.45, 2.75) is 0 Å². The van der Waals surface area contributed by atoms with Crippen molar-refractivity contribution in [3.05, 3.63) is 76.7 Å². The van der Waals surface area contributed by atoms with Crippen LogP contribution in [-0.2, 0) is 4.74 Å². The molecule has 2 aromatic carbocycles. The summed E-state index contributed by atoms with van der Waals surface area (Å²) < 4.78 is 4.63. The maximum absolute atomic E-state index is 12.1. The zero-order valence-corrected chi connectivity index (χ0v) is 15.1. The lowest BCUT2D eigenvalue weighted by molar-refractivity contribution is -0.386. The van der Waals surface area contributed by atoms with E-state index in [-0.39, 0.29) is 8.95 Å². The highest BCUT2D eigenvalue weighted by atomic mass is 79.9. The summed E-state index contributed by atoms with van der Waals surface area (Å²) in [4.78, 5) is 44.8. The van der Waals surface area contributed by atoms with Gasteiger partial charge in [0.25, 0.3) is 11.4 Å². The summed E-state index contributed by atoms with van der Waals surface area (Å²) in [7, 11) is 0. The summed E-state index contributed by atoms with van der Waals surface area (Å²) in [6, 6.07) is 7.59. The number of ether oxygens (including phenoxy) is 1. The van der Waals surface area contributed by atoms with Crippen LogP contribution in [-0.4, -0.2) is 21.8 Å². The van der Waals surface area contributed by atoms with Crippen LogP contribution in [0.25, 0.3) is 0 Å². The van der Waals surface area contributed by atoms with E-state index in [0.717, 1.165) is 12.1 Å². The number of carbonyl (C=O) groups excluding carboxylic acids is 2. The number of carbonyl (C=O) groups is 2. The van der Waals surface area contributed by atoms with E-state index in [2.05, 4.69) is 36.6 Å². The fourth-order valence-electron chi connectivity index (χ4n) is 1.93. The Morgan fingerprint density at radius 1 is 0.800 bits per heavy atom. The fourth-order valence-corrected chi connectivity index (χ4v) is 2.95. The summed E-state index contributed by atoms with van der Waals surface area (Å²) in [5.41, 5.74) is -2.09. The molecule has 0 aliphatic rings. The second-order valence-electron chi connectivity index (χ2n) is 4.46. The normalized spacial score (nSPS) is 10.2. The first-order valence-electron chi connectivity index (χ1n) is 6.36. The van der Waals surface area contributed by atoms with Crippen molar-refractivity contribution in [1.82, 2.24) is 0 Å². The molecule has 0 fully saturated rings. The van der Waals surface area contributed by atoms with Crippen LogP contribution in [0.1, 0.15) is 20.7 Å². The number of esters is 2. The number of nitro benzene ring substituents is 2. The van der Waals surface area contributed by atoms with Crippen molar-refractivity contribution in [1.29, 1.82) is 0 Å². The molecule has 0 aliphatic carbocycles. The summed E-state index contributed by atoms with van der Waals surface area (Å²) in [5, 5.41) is 22.2. The van der Waals surface area contributed by atoms with Gasteiger partial charge in [-0.3, -0.25) is 20.2 Å². The topological polar surface area (TPSA) is 130 Å². The maximum Gasteiger partial charge on any atom is 0.353 e. The molecule has 0 saturated carbocycles. The molecular formula is C14H6Br2N2O7. The third-order valence-electron chi connectivity index (χ3n) is 2.96. The van der Waals surface area contributed by atoms with Gasteiger partial charge in [0.2, 0.25) is 0 Å². The maximum atomic E-state index is 12.1. The second-order valence-corrected chi connectivity index (χ2v) is 6.17. The predicted molar refractivity (Wildman–Crippen MR) is 91.3 cm³/mol. The minimum atomic E-state index is -1.30. The highest BCUT2D eigenvalue weighted by Gasteiger charge is 2.30. The summed E-state index contributed by atoms with van der Waals surface area (Å²) in [6.07, 6.45) is 0. The van der Waals surface area contributed by atoms with Crippen molar-refractivity contribution >= 4 is 55.2 Å². The molecule has 0 unspecified atom stereocenters. The minimum Gasteiger partial charge on any atom is -0.385 e. The van der Waals surface area contributed by atoms with Gasteiger partial charge in [0, 0.05) is 0 Å². The average molecular weight is 474 g/mol. The highest BCUT2D eigenvalue weighted by molar-refractivity contribution is 9.11. The van der Waals surface area contributed by atoms with Gasteiger partial charge in [-0.1, -0.05) is 12.1 Å². The fraction of sp³-hybridized carbons (Fsp3) is 0. The molecule has 9 nitrogen and oxygen atoms in total. The lowest BCUT2D eigenvalue weighted by Gasteiger charge is -2.06. The van der Waals surface area contributed by atoms with Gasteiger partial charge in [0.1, 0.15) is 11.1 Å². The van der Waals surface area contributed by atoms with Crippen molar-refractivity contribution in [2.75, 3.05) is 0 Å². The standard InChI is InChI=1S/C14H6Br2N2O7/c15-9-5-1-3-7(11(9)17(21)22)13(19)25-14(20)8-4-2-6-10(16)12(8)18(23)24/h1-6H. The quantitative estimate of drug-likeness (QED) is 0.283. The zero-order chi connectivity index (χ0) is 18.7. The van der Waals surface area contributed by atoms with Crippen molar-refractivity contribution in [3.8, 4) is 0 Å². The molecule has 128 valence electrons. The average Bonchev–Trinajstić information content (AvgIpc) is 2.53. The number of hydrogen-bond acceptors (Lipinski definition) is 7. The number of rotatable bonds is 4. The molecule has 0 N–H and O–H groups in total. The molecule has 0 radical (unpaired) electrons. The SMILES string of the molecule is O=C(OC(=O)c1cccc(Br)c1[N+](=O)[O-])c1cccc(Br)c1[N+](=O)[O-]. The van der Waals surface area contributed by atoms with E-state index in [4.69, 9.17) is 0 Å². The number of benzene rings is 2. The van der Waals surface area contributed by atoms with Gasteiger partial charge in [0.15, 0.2) is 0 Å². The molecule has 0 saturated heterocycles. The molecule has 0 aliphatic heterocycles. The number of para-hydroxylation sites is 2. The Bertz CT molecular complexity index is 841. The van der Waals surface area contributed by atoms with Crippen LogP contribution >= 0.6 is 31.9 Å². The van der Waals surface area contributed by atoms with Crippen molar-refractivity contribution in [3.63, 3.8) is 0 Å². The van der Waals surface area contributed by atoms with E-state index in [1.54, 1.807) is 0 Å². The van der Waals surface area contributed by atoms with E-state index >= 15 is 0 Å². The van der Waals surface area contributed by atoms with Crippen LogP contribution in [0.15, 0.2) is 45.3 Å². The summed E-state index contributed by atoms with van der Waals surface area (Å²) >= 11 is 5.87. The van der Waals surface area contributed by atoms with Crippen molar-refractivity contribution < 1.29 is 24.2 Å². The minimum absolute atomic E-state index is 0.0211. The van der Waals surface area contributed by atoms with Crippen molar-refractivity contribution in [2.24, 2.45) is 0 Å². The van der Waals surface area contributed by atoms with Crippen LogP contribution in [0.3, 0.4) is 0 Å². The van der Waals surface area contributed by atoms with Gasteiger partial charge in [-0.05, 0) is 56.1 Å². The first-order valence-corrected chi connectivity index (χ1v) is 7.95. The molecule has 0 amide bonds. The number of nitrogens with zero attached hydrogens (tertiary/aromatic N) is 2. The molecule has 2 rings (SSSR count). The van der Waals surface area contributed by atoms with E-state index in [9.17, 15) is 29.8 Å². The summed E-state index contributed by atoms with van der Waals surface area (Å²) in [6.45, 7) is 0. The van der Waals surface area contributed by atoms with Crippen LogP contribution in [0.2, 0.25) is 0 Å². The Balaban J connectivity index is 2.39. The molecule has 0 heterocycles. The van der Waals surface area contributed by atoms with Gasteiger partial charge < -0.3 is 4.74 Å². The lowest BCUT2D eigenvalue weighted by atomic mass is 10.1. The zero-order valence-electron chi connectivity index (χ0n) is 12.0. The molecule has 0 bridgehead atoms. The van der Waals surface area contributed by atoms with Gasteiger partial charge >= 0.3 is 11.9 Å². The smallest absolute Gasteiger partial charge is 0.353 e. The highest BCUT2D eigenvalue weighted by Crippen LogP contribution is 2.31. The second kappa shape index (κ2) is 7.49. The van der Waals surface area contributed by atoms with Gasteiger partial charge in [-0.15, -0.1) is 0 Å².